The van der Waals surface area contributed by atoms with Gasteiger partial charge in [-0.3, -0.25) is 0 Å². The fraction of sp³-hybridized carbons (Fsp3) is 0.600. The van der Waals surface area contributed by atoms with Gasteiger partial charge in [-0.2, -0.15) is 0 Å². The van der Waals surface area contributed by atoms with Crippen molar-refractivity contribution >= 4 is 27.4 Å². The van der Waals surface area contributed by atoms with E-state index in [1.165, 1.54) is 35.1 Å². The Balaban J connectivity index is 2.14. The van der Waals surface area contributed by atoms with E-state index in [2.05, 4.69) is 43.0 Å². The molecule has 2 aromatic rings. The molecule has 0 fully saturated rings. The zero-order valence-electron chi connectivity index (χ0n) is 12.1. The Hall–Kier alpha value is -1.16. The number of hydrogen-bond acceptors (Lipinski definition) is 4. The first-order valence-electron chi connectivity index (χ1n) is 6.97. The van der Waals surface area contributed by atoms with Crippen LogP contribution >= 0.6 is 11.3 Å². The summed E-state index contributed by atoms with van der Waals surface area (Å²) in [5.74, 6) is 1.80. The van der Waals surface area contributed by atoms with Gasteiger partial charge in [0.25, 0.3) is 0 Å². The van der Waals surface area contributed by atoms with E-state index in [1.807, 2.05) is 11.3 Å². The third-order valence-electron chi connectivity index (χ3n) is 3.59. The third kappa shape index (κ3) is 2.46. The van der Waals surface area contributed by atoms with Gasteiger partial charge in [-0.1, -0.05) is 6.92 Å². The van der Waals surface area contributed by atoms with Crippen molar-refractivity contribution in [3.8, 4) is 0 Å². The molecule has 0 saturated carbocycles. The summed E-state index contributed by atoms with van der Waals surface area (Å²) in [4.78, 5) is 11.6. The summed E-state index contributed by atoms with van der Waals surface area (Å²) < 4.78 is 0. The maximum Gasteiger partial charge on any atom is 0.138 e. The van der Waals surface area contributed by atoms with Gasteiger partial charge in [0.15, 0.2) is 0 Å². The molecule has 102 valence electrons. The summed E-state index contributed by atoms with van der Waals surface area (Å²) in [7, 11) is 0. The van der Waals surface area contributed by atoms with Gasteiger partial charge in [-0.15, -0.1) is 11.3 Å². The standard InChI is InChI=1S/C15H21N3S/c1-9-5-6-10-11(7-9)19-14-12(10)13(16-8-17-14)18-15(2,3)4/h8-9H,5-7H2,1-4H3,(H,16,17,18)/t9-/m1/s1. The van der Waals surface area contributed by atoms with Crippen molar-refractivity contribution in [2.75, 3.05) is 5.32 Å². The second-order valence-electron chi connectivity index (χ2n) is 6.63. The van der Waals surface area contributed by atoms with Crippen LogP contribution in [0.1, 0.15) is 44.6 Å². The van der Waals surface area contributed by atoms with Gasteiger partial charge in [0, 0.05) is 10.4 Å². The van der Waals surface area contributed by atoms with Gasteiger partial charge in [-0.25, -0.2) is 9.97 Å². The van der Waals surface area contributed by atoms with Crippen LogP contribution in [0.25, 0.3) is 10.2 Å². The lowest BCUT2D eigenvalue weighted by atomic mass is 9.89. The molecule has 0 saturated heterocycles. The lowest BCUT2D eigenvalue weighted by Crippen LogP contribution is -2.27. The first-order valence-corrected chi connectivity index (χ1v) is 7.79. The second-order valence-corrected chi connectivity index (χ2v) is 7.71. The molecule has 1 aliphatic rings. The Morgan fingerprint density at radius 2 is 2.11 bits per heavy atom. The van der Waals surface area contributed by atoms with Gasteiger partial charge >= 0.3 is 0 Å². The van der Waals surface area contributed by atoms with Gasteiger partial charge in [0.1, 0.15) is 17.0 Å². The minimum Gasteiger partial charge on any atom is -0.365 e. The zero-order valence-corrected chi connectivity index (χ0v) is 12.9. The summed E-state index contributed by atoms with van der Waals surface area (Å²) in [6, 6.07) is 0. The SMILES string of the molecule is C[C@@H]1CCc2c(sc3ncnc(NC(C)(C)C)c23)C1. The molecule has 3 rings (SSSR count). The minimum atomic E-state index is 0.0259. The van der Waals surface area contributed by atoms with E-state index < -0.39 is 0 Å². The normalized spacial score (nSPS) is 19.5. The zero-order chi connectivity index (χ0) is 13.6. The van der Waals surface area contributed by atoms with Crippen LogP contribution in [0, 0.1) is 5.92 Å². The van der Waals surface area contributed by atoms with E-state index in [1.54, 1.807) is 6.33 Å². The quantitative estimate of drug-likeness (QED) is 0.854. The molecule has 0 unspecified atom stereocenters. The molecule has 2 heterocycles. The van der Waals surface area contributed by atoms with E-state index in [4.69, 9.17) is 0 Å². The third-order valence-corrected chi connectivity index (χ3v) is 4.75. The van der Waals surface area contributed by atoms with Crippen molar-refractivity contribution in [3.05, 3.63) is 16.8 Å². The van der Waals surface area contributed by atoms with Crippen LogP contribution in [0.15, 0.2) is 6.33 Å². The molecule has 4 heteroatoms. The molecule has 0 aliphatic heterocycles. The summed E-state index contributed by atoms with van der Waals surface area (Å²) in [6.45, 7) is 8.85. The number of anilines is 1. The van der Waals surface area contributed by atoms with Gasteiger partial charge in [0.05, 0.1) is 5.39 Å². The number of aryl methyl sites for hydroxylation is 1. The van der Waals surface area contributed by atoms with E-state index >= 15 is 0 Å². The number of aromatic nitrogens is 2. The number of fused-ring (bicyclic) bond motifs is 3. The Morgan fingerprint density at radius 1 is 1.32 bits per heavy atom. The van der Waals surface area contributed by atoms with Crippen LogP contribution in [0.3, 0.4) is 0 Å². The molecule has 19 heavy (non-hydrogen) atoms. The molecule has 0 amide bonds. The summed E-state index contributed by atoms with van der Waals surface area (Å²) in [5.41, 5.74) is 1.52. The predicted octanol–water partition coefficient (Wildman–Crippen LogP) is 4.03. The maximum atomic E-state index is 4.48. The highest BCUT2D eigenvalue weighted by Crippen LogP contribution is 2.40. The summed E-state index contributed by atoms with van der Waals surface area (Å²) in [5, 5.41) is 4.80. The highest BCUT2D eigenvalue weighted by molar-refractivity contribution is 7.19. The van der Waals surface area contributed by atoms with E-state index in [9.17, 15) is 0 Å². The number of nitrogens with one attached hydrogen (secondary N) is 1. The molecular weight excluding hydrogens is 254 g/mol. The first-order chi connectivity index (χ1) is 8.94. The number of thiophene rings is 1. The molecule has 1 N–H and O–H groups in total. The van der Waals surface area contributed by atoms with Crippen molar-refractivity contribution in [1.82, 2.24) is 9.97 Å². The lowest BCUT2D eigenvalue weighted by molar-refractivity contribution is 0.509. The Bertz CT molecular complexity index is 610. The molecule has 1 atom stereocenters. The first kappa shape index (κ1) is 12.9. The Morgan fingerprint density at radius 3 is 2.84 bits per heavy atom. The highest BCUT2D eigenvalue weighted by Gasteiger charge is 2.24. The maximum absolute atomic E-state index is 4.48. The number of nitrogens with zero attached hydrogens (tertiary/aromatic N) is 2. The number of rotatable bonds is 1. The smallest absolute Gasteiger partial charge is 0.138 e. The van der Waals surface area contributed by atoms with Crippen molar-refractivity contribution in [1.29, 1.82) is 0 Å². The van der Waals surface area contributed by atoms with E-state index in [-0.39, 0.29) is 5.54 Å². The summed E-state index contributed by atoms with van der Waals surface area (Å²) >= 11 is 1.85. The Labute approximate surface area is 118 Å². The van der Waals surface area contributed by atoms with Crippen molar-refractivity contribution in [2.24, 2.45) is 5.92 Å². The van der Waals surface area contributed by atoms with Crippen LogP contribution in [0.2, 0.25) is 0 Å². The van der Waals surface area contributed by atoms with Crippen LogP contribution in [0.4, 0.5) is 5.82 Å². The molecule has 1 aliphatic carbocycles. The largest absolute Gasteiger partial charge is 0.365 e. The molecule has 0 bridgehead atoms. The molecule has 0 spiro atoms. The van der Waals surface area contributed by atoms with Crippen molar-refractivity contribution in [2.45, 2.75) is 52.5 Å². The second kappa shape index (κ2) is 4.44. The monoisotopic (exact) mass is 275 g/mol. The van der Waals surface area contributed by atoms with Crippen LogP contribution < -0.4 is 5.32 Å². The van der Waals surface area contributed by atoms with Gasteiger partial charge in [0.2, 0.25) is 0 Å². The number of hydrogen-bond donors (Lipinski definition) is 1. The van der Waals surface area contributed by atoms with Crippen LogP contribution in [-0.4, -0.2) is 15.5 Å². The van der Waals surface area contributed by atoms with Crippen molar-refractivity contribution < 1.29 is 0 Å². The Kier molecular flexibility index (Phi) is 3.01. The average molecular weight is 275 g/mol. The van der Waals surface area contributed by atoms with E-state index in [0.717, 1.165) is 16.6 Å². The fourth-order valence-electron chi connectivity index (χ4n) is 2.73. The summed E-state index contributed by atoms with van der Waals surface area (Å²) in [6.07, 6.45) is 5.33. The molecule has 2 aromatic heterocycles. The lowest BCUT2D eigenvalue weighted by Gasteiger charge is -2.23. The average Bonchev–Trinajstić information content (AvgIpc) is 2.65. The molecular formula is C15H21N3S. The molecule has 3 nitrogen and oxygen atoms in total. The topological polar surface area (TPSA) is 37.8 Å². The van der Waals surface area contributed by atoms with Crippen molar-refractivity contribution in [3.63, 3.8) is 0 Å². The predicted molar refractivity (Wildman–Crippen MR) is 82.0 cm³/mol. The highest BCUT2D eigenvalue weighted by atomic mass is 32.1. The van der Waals surface area contributed by atoms with E-state index in [0.29, 0.717) is 0 Å². The fourth-order valence-corrected chi connectivity index (χ4v) is 4.08. The van der Waals surface area contributed by atoms with Gasteiger partial charge < -0.3 is 5.32 Å². The minimum absolute atomic E-state index is 0.0259. The van der Waals surface area contributed by atoms with Crippen LogP contribution in [0.5, 0.6) is 0 Å². The molecule has 0 radical (unpaired) electrons. The van der Waals surface area contributed by atoms with Crippen LogP contribution in [-0.2, 0) is 12.8 Å². The molecule has 0 aromatic carbocycles. The van der Waals surface area contributed by atoms with Gasteiger partial charge in [-0.05, 0) is 51.5 Å².